The minimum Gasteiger partial charge on any atom is -0.447 e. The highest BCUT2D eigenvalue weighted by molar-refractivity contribution is 5.91. The van der Waals surface area contributed by atoms with Crippen LogP contribution in [0.25, 0.3) is 0 Å². The van der Waals surface area contributed by atoms with Gasteiger partial charge in [0.25, 0.3) is 0 Å². The zero-order valence-electron chi connectivity index (χ0n) is 12.3. The number of ether oxygens (including phenoxy) is 2. The SMILES string of the molecule is CC1=C[C@@H]2O[C@H]1CC(=O)C2N1C(=O)OC[C@H]1c1ccccc1. The van der Waals surface area contributed by atoms with Gasteiger partial charge in [0, 0.05) is 6.42 Å². The van der Waals surface area contributed by atoms with Crippen LogP contribution in [0.15, 0.2) is 42.0 Å². The molecule has 0 spiro atoms. The second kappa shape index (κ2) is 4.95. The van der Waals surface area contributed by atoms with E-state index in [9.17, 15) is 9.59 Å². The van der Waals surface area contributed by atoms with Gasteiger partial charge in [0.15, 0.2) is 5.78 Å². The van der Waals surface area contributed by atoms with Crippen molar-refractivity contribution in [3.8, 4) is 0 Å². The van der Waals surface area contributed by atoms with Gasteiger partial charge in [0.1, 0.15) is 18.8 Å². The number of carbonyl (C=O) groups is 2. The van der Waals surface area contributed by atoms with Crippen molar-refractivity contribution in [2.24, 2.45) is 0 Å². The van der Waals surface area contributed by atoms with E-state index < -0.39 is 12.1 Å². The Hall–Kier alpha value is -2.14. The topological polar surface area (TPSA) is 55.8 Å². The molecule has 3 heterocycles. The molecule has 1 amide bonds. The van der Waals surface area contributed by atoms with Crippen molar-refractivity contribution in [3.63, 3.8) is 0 Å². The lowest BCUT2D eigenvalue weighted by atomic mass is 9.96. The third-order valence-electron chi connectivity index (χ3n) is 4.68. The zero-order valence-corrected chi connectivity index (χ0v) is 12.3. The molecule has 0 aliphatic carbocycles. The first-order chi connectivity index (χ1) is 10.6. The summed E-state index contributed by atoms with van der Waals surface area (Å²) in [6.07, 6.45) is 1.38. The lowest BCUT2D eigenvalue weighted by Gasteiger charge is -2.36. The predicted octanol–water partition coefficient (Wildman–Crippen LogP) is 2.24. The maximum absolute atomic E-state index is 12.5. The lowest BCUT2D eigenvalue weighted by Crippen LogP contribution is -2.53. The third kappa shape index (κ3) is 1.96. The normalized spacial score (nSPS) is 33.9. The summed E-state index contributed by atoms with van der Waals surface area (Å²) in [6, 6.07) is 8.84. The van der Waals surface area contributed by atoms with Crippen LogP contribution in [0.2, 0.25) is 0 Å². The molecule has 22 heavy (non-hydrogen) atoms. The number of amides is 1. The van der Waals surface area contributed by atoms with Crippen LogP contribution in [0.5, 0.6) is 0 Å². The molecule has 1 aromatic carbocycles. The van der Waals surface area contributed by atoms with Crippen molar-refractivity contribution < 1.29 is 19.1 Å². The van der Waals surface area contributed by atoms with Crippen LogP contribution in [0.4, 0.5) is 4.79 Å². The van der Waals surface area contributed by atoms with Crippen molar-refractivity contribution in [1.82, 2.24) is 4.90 Å². The highest BCUT2D eigenvalue weighted by Gasteiger charge is 2.50. The maximum atomic E-state index is 12.5. The first kappa shape index (κ1) is 13.5. The average Bonchev–Trinajstić information content (AvgIpc) is 3.03. The minimum absolute atomic E-state index is 0.0501. The summed E-state index contributed by atoms with van der Waals surface area (Å²) >= 11 is 0. The third-order valence-corrected chi connectivity index (χ3v) is 4.68. The van der Waals surface area contributed by atoms with E-state index in [1.54, 1.807) is 4.90 Å². The van der Waals surface area contributed by atoms with Crippen LogP contribution in [-0.2, 0) is 14.3 Å². The Morgan fingerprint density at radius 3 is 2.73 bits per heavy atom. The van der Waals surface area contributed by atoms with Crippen molar-refractivity contribution in [3.05, 3.63) is 47.5 Å². The first-order valence-electron chi connectivity index (χ1n) is 7.51. The van der Waals surface area contributed by atoms with Gasteiger partial charge in [-0.05, 0) is 18.1 Å². The molecule has 0 radical (unpaired) electrons. The van der Waals surface area contributed by atoms with Crippen molar-refractivity contribution in [2.45, 2.75) is 37.6 Å². The van der Waals surface area contributed by atoms with Gasteiger partial charge in [-0.2, -0.15) is 0 Å². The fourth-order valence-corrected chi connectivity index (χ4v) is 3.55. The smallest absolute Gasteiger partial charge is 0.411 e. The van der Waals surface area contributed by atoms with Crippen LogP contribution in [0.1, 0.15) is 24.9 Å². The van der Waals surface area contributed by atoms with E-state index in [1.807, 2.05) is 43.3 Å². The standard InChI is InChI=1S/C17H17NO4/c1-10-7-15-16(13(19)8-14(10)22-15)18-12(9-21-17(18)20)11-5-3-2-4-6-11/h2-7,12,14-16H,8-9H2,1H3/t12-,14-,15-,16?/m0/s1. The highest BCUT2D eigenvalue weighted by Crippen LogP contribution is 2.38. The van der Waals surface area contributed by atoms with Gasteiger partial charge < -0.3 is 9.47 Å². The lowest BCUT2D eigenvalue weighted by molar-refractivity contribution is -0.138. The number of Topliss-reactive ketones (excluding diaryl/α,β-unsaturated/α-hetero) is 1. The highest BCUT2D eigenvalue weighted by atomic mass is 16.6. The van der Waals surface area contributed by atoms with Crippen LogP contribution in [0, 0.1) is 0 Å². The van der Waals surface area contributed by atoms with Gasteiger partial charge in [0.05, 0.1) is 12.1 Å². The minimum atomic E-state index is -0.589. The van der Waals surface area contributed by atoms with E-state index in [4.69, 9.17) is 9.47 Å². The van der Waals surface area contributed by atoms with E-state index in [2.05, 4.69) is 0 Å². The molecular formula is C17H17NO4. The summed E-state index contributed by atoms with van der Waals surface area (Å²) in [4.78, 5) is 26.3. The predicted molar refractivity (Wildman–Crippen MR) is 78.2 cm³/mol. The Bertz CT molecular complexity index is 654. The van der Waals surface area contributed by atoms with E-state index >= 15 is 0 Å². The molecular weight excluding hydrogens is 282 g/mol. The van der Waals surface area contributed by atoms with Gasteiger partial charge in [-0.3, -0.25) is 9.69 Å². The van der Waals surface area contributed by atoms with Gasteiger partial charge in [0.2, 0.25) is 0 Å². The number of ketones is 1. The summed E-state index contributed by atoms with van der Waals surface area (Å²) in [6.45, 7) is 2.24. The Labute approximate surface area is 128 Å². The molecule has 2 bridgehead atoms. The fourth-order valence-electron chi connectivity index (χ4n) is 3.55. The Morgan fingerprint density at radius 2 is 1.95 bits per heavy atom. The number of carbonyl (C=O) groups excluding carboxylic acids is 2. The fraction of sp³-hybridized carbons (Fsp3) is 0.412. The second-order valence-electron chi connectivity index (χ2n) is 6.03. The second-order valence-corrected chi connectivity index (χ2v) is 6.03. The quantitative estimate of drug-likeness (QED) is 0.786. The number of nitrogens with zero attached hydrogens (tertiary/aromatic N) is 1. The largest absolute Gasteiger partial charge is 0.447 e. The molecule has 1 unspecified atom stereocenters. The summed E-state index contributed by atoms with van der Waals surface area (Å²) in [5.41, 5.74) is 2.05. The van der Waals surface area contributed by atoms with Crippen LogP contribution in [-0.4, -0.2) is 41.6 Å². The van der Waals surface area contributed by atoms with Gasteiger partial charge in [-0.25, -0.2) is 4.79 Å². The Balaban J connectivity index is 1.70. The monoisotopic (exact) mass is 299 g/mol. The maximum Gasteiger partial charge on any atom is 0.411 e. The Morgan fingerprint density at radius 1 is 1.18 bits per heavy atom. The number of cyclic esters (lactones) is 1. The molecule has 5 nitrogen and oxygen atoms in total. The first-order valence-corrected chi connectivity index (χ1v) is 7.51. The average molecular weight is 299 g/mol. The van der Waals surface area contributed by atoms with E-state index in [0.717, 1.165) is 11.1 Å². The molecule has 114 valence electrons. The van der Waals surface area contributed by atoms with Crippen molar-refractivity contribution >= 4 is 11.9 Å². The summed E-state index contributed by atoms with van der Waals surface area (Å²) in [7, 11) is 0. The molecule has 0 saturated carbocycles. The van der Waals surface area contributed by atoms with Gasteiger partial charge in [-0.1, -0.05) is 36.4 Å². The molecule has 0 aromatic heterocycles. The number of fused-ring (bicyclic) bond motifs is 2. The molecule has 2 fully saturated rings. The number of rotatable bonds is 2. The number of hydrogen-bond acceptors (Lipinski definition) is 4. The zero-order chi connectivity index (χ0) is 15.3. The van der Waals surface area contributed by atoms with Gasteiger partial charge in [-0.15, -0.1) is 0 Å². The molecule has 3 aliphatic heterocycles. The summed E-state index contributed by atoms with van der Waals surface area (Å²) in [5.74, 6) is 0.0501. The molecule has 2 saturated heterocycles. The molecule has 1 aromatic rings. The van der Waals surface area contributed by atoms with Crippen molar-refractivity contribution in [1.29, 1.82) is 0 Å². The molecule has 4 rings (SSSR count). The van der Waals surface area contributed by atoms with Crippen molar-refractivity contribution in [2.75, 3.05) is 6.61 Å². The molecule has 4 atom stereocenters. The summed E-state index contributed by atoms with van der Waals surface area (Å²) < 4.78 is 11.1. The van der Waals surface area contributed by atoms with Crippen LogP contribution >= 0.6 is 0 Å². The van der Waals surface area contributed by atoms with E-state index in [0.29, 0.717) is 6.42 Å². The number of benzene rings is 1. The number of hydrogen-bond donors (Lipinski definition) is 0. The summed E-state index contributed by atoms with van der Waals surface area (Å²) in [5, 5.41) is 0. The Kier molecular flexibility index (Phi) is 3.04. The van der Waals surface area contributed by atoms with E-state index in [1.165, 1.54) is 0 Å². The van der Waals surface area contributed by atoms with Crippen LogP contribution in [0.3, 0.4) is 0 Å². The molecule has 5 heteroatoms. The van der Waals surface area contributed by atoms with Crippen LogP contribution < -0.4 is 0 Å². The molecule has 0 N–H and O–H groups in total. The van der Waals surface area contributed by atoms with Gasteiger partial charge >= 0.3 is 6.09 Å². The van der Waals surface area contributed by atoms with E-state index in [-0.39, 0.29) is 30.6 Å². The molecule has 3 aliphatic rings.